The van der Waals surface area contributed by atoms with Crippen molar-refractivity contribution < 1.29 is 13.9 Å². The molecule has 98 valence electrons. The number of ether oxygens (including phenoxy) is 1. The van der Waals surface area contributed by atoms with E-state index in [9.17, 15) is 9.18 Å². The van der Waals surface area contributed by atoms with Crippen molar-refractivity contribution in [1.29, 1.82) is 0 Å². The maximum Gasteiger partial charge on any atom is 0.166 e. The zero-order valence-electron chi connectivity index (χ0n) is 10.5. The van der Waals surface area contributed by atoms with E-state index in [1.807, 2.05) is 6.92 Å². The molecular weight excluding hydrogens is 267 g/mol. The molecule has 2 aromatic carbocycles. The SMILES string of the molecule is CC(=O)c1c(F)cccc1Oc1cc(Cl)ccc1C. The van der Waals surface area contributed by atoms with E-state index in [2.05, 4.69) is 0 Å². The van der Waals surface area contributed by atoms with Crippen molar-refractivity contribution in [3.63, 3.8) is 0 Å². The third kappa shape index (κ3) is 2.93. The molecule has 0 aromatic heterocycles. The first-order chi connectivity index (χ1) is 8.99. The molecule has 0 aliphatic rings. The van der Waals surface area contributed by atoms with E-state index >= 15 is 0 Å². The van der Waals surface area contributed by atoms with Gasteiger partial charge in [-0.15, -0.1) is 0 Å². The van der Waals surface area contributed by atoms with Gasteiger partial charge in [0.1, 0.15) is 17.3 Å². The van der Waals surface area contributed by atoms with E-state index in [4.69, 9.17) is 16.3 Å². The molecule has 0 fully saturated rings. The molecule has 2 aromatic rings. The van der Waals surface area contributed by atoms with Crippen molar-refractivity contribution in [1.82, 2.24) is 0 Å². The molecule has 0 aliphatic carbocycles. The molecule has 19 heavy (non-hydrogen) atoms. The monoisotopic (exact) mass is 278 g/mol. The highest BCUT2D eigenvalue weighted by Crippen LogP contribution is 2.31. The fourth-order valence-electron chi connectivity index (χ4n) is 1.73. The molecule has 0 spiro atoms. The Labute approximate surface area is 115 Å². The van der Waals surface area contributed by atoms with E-state index in [0.717, 1.165) is 5.56 Å². The number of rotatable bonds is 3. The van der Waals surface area contributed by atoms with Crippen molar-refractivity contribution in [2.45, 2.75) is 13.8 Å². The maximum atomic E-state index is 13.7. The topological polar surface area (TPSA) is 26.3 Å². The molecule has 2 rings (SSSR count). The zero-order chi connectivity index (χ0) is 14.0. The van der Waals surface area contributed by atoms with Crippen LogP contribution in [0.2, 0.25) is 5.02 Å². The summed E-state index contributed by atoms with van der Waals surface area (Å²) in [6, 6.07) is 9.45. The lowest BCUT2D eigenvalue weighted by molar-refractivity contribution is 0.101. The summed E-state index contributed by atoms with van der Waals surface area (Å²) in [6.07, 6.45) is 0. The van der Waals surface area contributed by atoms with Crippen LogP contribution in [-0.4, -0.2) is 5.78 Å². The van der Waals surface area contributed by atoms with Gasteiger partial charge in [0.2, 0.25) is 0 Å². The lowest BCUT2D eigenvalue weighted by atomic mass is 10.1. The zero-order valence-corrected chi connectivity index (χ0v) is 11.3. The highest BCUT2D eigenvalue weighted by Gasteiger charge is 2.15. The number of ketones is 1. The van der Waals surface area contributed by atoms with Crippen molar-refractivity contribution >= 4 is 17.4 Å². The number of carbonyl (C=O) groups is 1. The third-order valence-electron chi connectivity index (χ3n) is 2.70. The minimum Gasteiger partial charge on any atom is -0.456 e. The summed E-state index contributed by atoms with van der Waals surface area (Å²) in [6.45, 7) is 3.15. The molecule has 0 heterocycles. The van der Waals surface area contributed by atoms with Gasteiger partial charge in [0.25, 0.3) is 0 Å². The standard InChI is InChI=1S/C15H12ClFO2/c1-9-6-7-11(16)8-14(9)19-13-5-3-4-12(17)15(13)10(2)18/h3-8H,1-2H3. The first kappa shape index (κ1) is 13.6. The lowest BCUT2D eigenvalue weighted by Gasteiger charge is -2.12. The number of Topliss-reactive ketones (excluding diaryl/α,β-unsaturated/α-hetero) is 1. The van der Waals surface area contributed by atoms with Gasteiger partial charge in [0.15, 0.2) is 5.78 Å². The summed E-state index contributed by atoms with van der Waals surface area (Å²) in [5.74, 6) is -0.282. The minimum absolute atomic E-state index is 0.0538. The van der Waals surface area contributed by atoms with Gasteiger partial charge in [-0.05, 0) is 43.7 Å². The van der Waals surface area contributed by atoms with Gasteiger partial charge in [-0.25, -0.2) is 4.39 Å². The number of carbonyl (C=O) groups excluding carboxylic acids is 1. The fraction of sp³-hybridized carbons (Fsp3) is 0.133. The van der Waals surface area contributed by atoms with Gasteiger partial charge in [-0.2, -0.15) is 0 Å². The van der Waals surface area contributed by atoms with Gasteiger partial charge >= 0.3 is 0 Å². The number of aryl methyl sites for hydroxylation is 1. The Morgan fingerprint density at radius 2 is 1.95 bits per heavy atom. The number of hydrogen-bond acceptors (Lipinski definition) is 2. The van der Waals surface area contributed by atoms with Crippen LogP contribution < -0.4 is 4.74 Å². The molecule has 0 amide bonds. The average molecular weight is 279 g/mol. The van der Waals surface area contributed by atoms with Crippen molar-refractivity contribution in [3.05, 3.63) is 58.4 Å². The molecule has 0 bridgehead atoms. The van der Waals surface area contributed by atoms with Crippen LogP contribution in [0.3, 0.4) is 0 Å². The van der Waals surface area contributed by atoms with Crippen LogP contribution in [0.5, 0.6) is 11.5 Å². The second kappa shape index (κ2) is 5.41. The Balaban J connectivity index is 2.46. The van der Waals surface area contributed by atoms with Crippen molar-refractivity contribution in [2.24, 2.45) is 0 Å². The van der Waals surface area contributed by atoms with Gasteiger partial charge in [0.05, 0.1) is 5.56 Å². The van der Waals surface area contributed by atoms with Crippen molar-refractivity contribution in [3.8, 4) is 11.5 Å². The van der Waals surface area contributed by atoms with Crippen LogP contribution >= 0.6 is 11.6 Å². The first-order valence-electron chi connectivity index (χ1n) is 5.72. The van der Waals surface area contributed by atoms with Gasteiger partial charge in [-0.3, -0.25) is 4.79 Å². The van der Waals surface area contributed by atoms with Crippen LogP contribution in [0.15, 0.2) is 36.4 Å². The second-order valence-corrected chi connectivity index (χ2v) is 4.62. The molecule has 0 saturated heterocycles. The molecule has 0 aliphatic heterocycles. The molecule has 0 N–H and O–H groups in total. The van der Waals surface area contributed by atoms with Gasteiger partial charge in [0, 0.05) is 5.02 Å². The molecule has 0 atom stereocenters. The molecule has 0 radical (unpaired) electrons. The first-order valence-corrected chi connectivity index (χ1v) is 6.10. The summed E-state index contributed by atoms with van der Waals surface area (Å²) in [5.41, 5.74) is 0.796. The summed E-state index contributed by atoms with van der Waals surface area (Å²) in [5, 5.41) is 0.515. The van der Waals surface area contributed by atoms with E-state index in [1.54, 1.807) is 24.3 Å². The Morgan fingerprint density at radius 3 is 2.63 bits per heavy atom. The summed E-state index contributed by atoms with van der Waals surface area (Å²) < 4.78 is 19.3. The second-order valence-electron chi connectivity index (χ2n) is 4.18. The summed E-state index contributed by atoms with van der Waals surface area (Å²) in [7, 11) is 0. The van der Waals surface area contributed by atoms with E-state index < -0.39 is 5.82 Å². The molecule has 2 nitrogen and oxygen atoms in total. The third-order valence-corrected chi connectivity index (χ3v) is 2.93. The molecule has 4 heteroatoms. The Morgan fingerprint density at radius 1 is 1.21 bits per heavy atom. The smallest absolute Gasteiger partial charge is 0.166 e. The van der Waals surface area contributed by atoms with E-state index in [-0.39, 0.29) is 17.1 Å². The van der Waals surface area contributed by atoms with E-state index in [0.29, 0.717) is 10.8 Å². The molecular formula is C15H12ClFO2. The highest BCUT2D eigenvalue weighted by atomic mass is 35.5. The Bertz CT molecular complexity index is 638. The largest absolute Gasteiger partial charge is 0.456 e. The number of hydrogen-bond donors (Lipinski definition) is 0. The highest BCUT2D eigenvalue weighted by molar-refractivity contribution is 6.30. The molecule has 0 unspecified atom stereocenters. The lowest BCUT2D eigenvalue weighted by Crippen LogP contribution is -2.01. The van der Waals surface area contributed by atoms with Gasteiger partial charge < -0.3 is 4.74 Å². The van der Waals surface area contributed by atoms with Crippen LogP contribution in [0.4, 0.5) is 4.39 Å². The minimum atomic E-state index is -0.593. The summed E-state index contributed by atoms with van der Waals surface area (Å²) in [4.78, 5) is 11.5. The fourth-order valence-corrected chi connectivity index (χ4v) is 1.90. The Hall–Kier alpha value is -1.87. The average Bonchev–Trinajstić information content (AvgIpc) is 2.33. The number of benzene rings is 2. The van der Waals surface area contributed by atoms with Crippen LogP contribution in [0, 0.1) is 12.7 Å². The predicted octanol–water partition coefficient (Wildman–Crippen LogP) is 4.78. The van der Waals surface area contributed by atoms with E-state index in [1.165, 1.54) is 19.1 Å². The Kier molecular flexibility index (Phi) is 3.86. The maximum absolute atomic E-state index is 13.7. The molecule has 0 saturated carbocycles. The van der Waals surface area contributed by atoms with Gasteiger partial charge in [-0.1, -0.05) is 23.7 Å². The number of halogens is 2. The summed E-state index contributed by atoms with van der Waals surface area (Å²) >= 11 is 5.90. The van der Waals surface area contributed by atoms with Crippen LogP contribution in [-0.2, 0) is 0 Å². The normalized spacial score (nSPS) is 10.3. The van der Waals surface area contributed by atoms with Crippen LogP contribution in [0.25, 0.3) is 0 Å². The van der Waals surface area contributed by atoms with Crippen molar-refractivity contribution in [2.75, 3.05) is 0 Å². The quantitative estimate of drug-likeness (QED) is 0.755. The predicted molar refractivity (Wildman–Crippen MR) is 72.7 cm³/mol. The van der Waals surface area contributed by atoms with Crippen LogP contribution in [0.1, 0.15) is 22.8 Å².